The maximum atomic E-state index is 11.8. The molecule has 0 spiro atoms. The Bertz CT molecular complexity index is 389. The summed E-state index contributed by atoms with van der Waals surface area (Å²) in [5, 5.41) is 10.3. The number of nitrogen functional groups attached to an aromatic ring is 1. The lowest BCUT2D eigenvalue weighted by Crippen LogP contribution is -2.23. The van der Waals surface area contributed by atoms with Gasteiger partial charge in [-0.3, -0.25) is 0 Å². The first kappa shape index (κ1) is 11.2. The Balaban J connectivity index is 3.06. The Labute approximate surface area is 82.1 Å². The van der Waals surface area contributed by atoms with E-state index in [1.54, 1.807) is 0 Å². The highest BCUT2D eigenvalue weighted by Crippen LogP contribution is 2.28. The van der Waals surface area contributed by atoms with Gasteiger partial charge in [-0.25, -0.2) is 0 Å². The molecule has 0 heterocycles. The highest BCUT2D eigenvalue weighted by Gasteiger charge is 2.32. The molecule has 0 saturated heterocycles. The van der Waals surface area contributed by atoms with Gasteiger partial charge in [0.1, 0.15) is 0 Å². The largest absolute Gasteiger partial charge is 0.573 e. The second-order valence-electron chi connectivity index (χ2n) is 2.59. The summed E-state index contributed by atoms with van der Waals surface area (Å²) in [4.78, 5) is 10.3. The van der Waals surface area contributed by atoms with E-state index in [1.807, 2.05) is 0 Å². The van der Waals surface area contributed by atoms with Crippen LogP contribution < -0.4 is 15.6 Å². The molecule has 82 valence electrons. The monoisotopic (exact) mass is 220 g/mol. The molecule has 0 amide bonds. The molecule has 0 fully saturated rings. The minimum Gasteiger partial charge on any atom is -0.545 e. The van der Waals surface area contributed by atoms with Crippen LogP contribution in [0.4, 0.5) is 18.9 Å². The molecule has 1 aromatic carbocycles. The van der Waals surface area contributed by atoms with Crippen LogP contribution in [0, 0.1) is 0 Å². The molecule has 0 bridgehead atoms. The first-order valence-electron chi connectivity index (χ1n) is 3.66. The van der Waals surface area contributed by atoms with Crippen molar-refractivity contribution in [2.24, 2.45) is 0 Å². The number of carbonyl (C=O) groups is 1. The van der Waals surface area contributed by atoms with Crippen molar-refractivity contribution in [2.45, 2.75) is 6.36 Å². The Morgan fingerprint density at radius 1 is 1.40 bits per heavy atom. The van der Waals surface area contributed by atoms with Crippen LogP contribution in [0.3, 0.4) is 0 Å². The maximum absolute atomic E-state index is 11.8. The Hall–Kier alpha value is -1.92. The van der Waals surface area contributed by atoms with Crippen LogP contribution in [0.5, 0.6) is 5.75 Å². The minimum atomic E-state index is -4.92. The highest BCUT2D eigenvalue weighted by molar-refractivity contribution is 5.87. The summed E-state index contributed by atoms with van der Waals surface area (Å²) in [5.74, 6) is -2.37. The van der Waals surface area contributed by atoms with Crippen LogP contribution in [0.25, 0.3) is 0 Å². The van der Waals surface area contributed by atoms with Gasteiger partial charge in [-0.15, -0.1) is 13.2 Å². The van der Waals surface area contributed by atoms with Crippen molar-refractivity contribution in [2.75, 3.05) is 5.73 Å². The summed E-state index contributed by atoms with van der Waals surface area (Å²) in [6.07, 6.45) is -4.92. The number of rotatable bonds is 2. The van der Waals surface area contributed by atoms with E-state index in [4.69, 9.17) is 5.73 Å². The van der Waals surface area contributed by atoms with Crippen LogP contribution in [0.15, 0.2) is 18.2 Å². The Morgan fingerprint density at radius 3 is 2.47 bits per heavy atom. The van der Waals surface area contributed by atoms with Gasteiger partial charge in [0, 0.05) is 5.56 Å². The number of ether oxygens (including phenoxy) is 1. The number of alkyl halides is 3. The summed E-state index contributed by atoms with van der Waals surface area (Å²) in [7, 11) is 0. The van der Waals surface area contributed by atoms with Crippen molar-refractivity contribution in [1.29, 1.82) is 0 Å². The lowest BCUT2D eigenvalue weighted by atomic mass is 10.2. The first-order valence-corrected chi connectivity index (χ1v) is 3.66. The molecule has 0 aromatic heterocycles. The second kappa shape index (κ2) is 3.68. The van der Waals surface area contributed by atoms with Crippen LogP contribution in [0.1, 0.15) is 10.4 Å². The fourth-order valence-corrected chi connectivity index (χ4v) is 0.874. The third kappa shape index (κ3) is 3.04. The molecule has 1 rings (SSSR count). The number of nitrogens with two attached hydrogens (primary N) is 1. The predicted octanol–water partition coefficient (Wildman–Crippen LogP) is 0.531. The van der Waals surface area contributed by atoms with Gasteiger partial charge in [-0.2, -0.15) is 0 Å². The van der Waals surface area contributed by atoms with Crippen molar-refractivity contribution in [3.63, 3.8) is 0 Å². The van der Waals surface area contributed by atoms with Crippen molar-refractivity contribution >= 4 is 11.7 Å². The first-order chi connectivity index (χ1) is 6.79. The minimum absolute atomic E-state index is 0.308. The number of aromatic carboxylic acids is 1. The number of halogens is 3. The zero-order valence-electron chi connectivity index (χ0n) is 7.17. The molecule has 0 unspecified atom stereocenters. The fraction of sp³-hybridized carbons (Fsp3) is 0.125. The van der Waals surface area contributed by atoms with Crippen LogP contribution in [0.2, 0.25) is 0 Å². The zero-order chi connectivity index (χ0) is 11.6. The molecular formula is C8H5F3NO3-. The van der Waals surface area contributed by atoms with E-state index in [1.165, 1.54) is 0 Å². The Morgan fingerprint density at radius 2 is 2.00 bits per heavy atom. The van der Waals surface area contributed by atoms with Gasteiger partial charge in [0.2, 0.25) is 0 Å². The number of carbonyl (C=O) groups excluding carboxylic acids is 1. The van der Waals surface area contributed by atoms with E-state index in [0.717, 1.165) is 12.1 Å². The summed E-state index contributed by atoms with van der Waals surface area (Å²) in [5.41, 5.74) is 4.41. The quantitative estimate of drug-likeness (QED) is 0.737. The lowest BCUT2D eigenvalue weighted by molar-refractivity contribution is -0.274. The SMILES string of the molecule is Nc1ccc(C(=O)[O-])cc1OC(F)(F)F. The van der Waals surface area contributed by atoms with Gasteiger partial charge >= 0.3 is 6.36 Å². The number of hydrogen-bond donors (Lipinski definition) is 1. The van der Waals surface area contributed by atoms with Gasteiger partial charge in [-0.1, -0.05) is 6.07 Å². The molecule has 0 aliphatic carbocycles. The maximum Gasteiger partial charge on any atom is 0.573 e. The van der Waals surface area contributed by atoms with Gasteiger partial charge in [0.15, 0.2) is 5.75 Å². The van der Waals surface area contributed by atoms with Crippen LogP contribution >= 0.6 is 0 Å². The number of carboxylic acid groups (broad SMARTS) is 1. The van der Waals surface area contributed by atoms with Gasteiger partial charge in [0.05, 0.1) is 11.7 Å². The molecule has 0 aliphatic heterocycles. The molecule has 0 radical (unpaired) electrons. The number of anilines is 1. The Kier molecular flexibility index (Phi) is 2.74. The second-order valence-corrected chi connectivity index (χ2v) is 2.59. The van der Waals surface area contributed by atoms with Crippen molar-refractivity contribution < 1.29 is 27.8 Å². The molecule has 4 nitrogen and oxygen atoms in total. The number of carboxylic acids is 1. The van der Waals surface area contributed by atoms with E-state index in [9.17, 15) is 23.1 Å². The molecule has 2 N–H and O–H groups in total. The van der Waals surface area contributed by atoms with E-state index in [2.05, 4.69) is 4.74 Å². The summed E-state index contributed by atoms with van der Waals surface area (Å²) in [6, 6.07) is 2.66. The summed E-state index contributed by atoms with van der Waals surface area (Å²) < 4.78 is 38.9. The van der Waals surface area contributed by atoms with E-state index < -0.39 is 23.6 Å². The number of benzene rings is 1. The van der Waals surface area contributed by atoms with E-state index in [0.29, 0.717) is 6.07 Å². The molecule has 7 heteroatoms. The van der Waals surface area contributed by atoms with Gasteiger partial charge < -0.3 is 20.4 Å². The van der Waals surface area contributed by atoms with Crippen LogP contribution in [-0.2, 0) is 0 Å². The van der Waals surface area contributed by atoms with Gasteiger partial charge in [0.25, 0.3) is 0 Å². The predicted molar refractivity (Wildman–Crippen MR) is 41.9 cm³/mol. The standard InChI is InChI=1S/C8H6F3NO3/c9-8(10,11)15-6-3-4(7(13)14)1-2-5(6)12/h1-3H,12H2,(H,13,14)/p-1. The third-order valence-electron chi connectivity index (χ3n) is 1.47. The van der Waals surface area contributed by atoms with Crippen molar-refractivity contribution in [3.8, 4) is 5.75 Å². The molecule has 0 aliphatic rings. The number of hydrogen-bond acceptors (Lipinski definition) is 4. The smallest absolute Gasteiger partial charge is 0.545 e. The van der Waals surface area contributed by atoms with Gasteiger partial charge in [-0.05, 0) is 12.1 Å². The summed E-state index contributed by atoms with van der Waals surface area (Å²) >= 11 is 0. The van der Waals surface area contributed by atoms with Crippen molar-refractivity contribution in [1.82, 2.24) is 0 Å². The normalized spacial score (nSPS) is 11.1. The fourth-order valence-electron chi connectivity index (χ4n) is 0.874. The molecule has 15 heavy (non-hydrogen) atoms. The zero-order valence-corrected chi connectivity index (χ0v) is 7.17. The average Bonchev–Trinajstić information content (AvgIpc) is 2.06. The molecule has 0 saturated carbocycles. The molecule has 0 atom stereocenters. The summed E-state index contributed by atoms with van der Waals surface area (Å²) in [6.45, 7) is 0. The lowest BCUT2D eigenvalue weighted by Gasteiger charge is -2.12. The third-order valence-corrected chi connectivity index (χ3v) is 1.47. The van der Waals surface area contributed by atoms with Crippen molar-refractivity contribution in [3.05, 3.63) is 23.8 Å². The molecule has 1 aromatic rings. The molecular weight excluding hydrogens is 215 g/mol. The van der Waals surface area contributed by atoms with E-state index >= 15 is 0 Å². The van der Waals surface area contributed by atoms with E-state index in [-0.39, 0.29) is 5.69 Å². The average molecular weight is 220 g/mol. The highest BCUT2D eigenvalue weighted by atomic mass is 19.4. The topological polar surface area (TPSA) is 75.4 Å². The van der Waals surface area contributed by atoms with Crippen LogP contribution in [-0.4, -0.2) is 12.3 Å².